The van der Waals surface area contributed by atoms with Gasteiger partial charge in [0.25, 0.3) is 11.8 Å². The highest BCUT2D eigenvalue weighted by molar-refractivity contribution is 5.98. The molecule has 270 valence electrons. The molecular formula is C36H48N6O8. The van der Waals surface area contributed by atoms with Crippen molar-refractivity contribution in [3.8, 4) is 0 Å². The Bertz CT molecular complexity index is 1570. The van der Waals surface area contributed by atoms with Gasteiger partial charge in [0.2, 0.25) is 5.91 Å². The summed E-state index contributed by atoms with van der Waals surface area (Å²) in [5, 5.41) is 8.01. The number of likely N-dealkylation sites (tertiary alicyclic amines) is 1. The van der Waals surface area contributed by atoms with Gasteiger partial charge < -0.3 is 34.9 Å². The van der Waals surface area contributed by atoms with Crippen LogP contribution in [0.3, 0.4) is 0 Å². The third-order valence-electron chi connectivity index (χ3n) is 7.94. The highest BCUT2D eigenvalue weighted by Gasteiger charge is 2.37. The van der Waals surface area contributed by atoms with Crippen LogP contribution in [0.15, 0.2) is 73.2 Å². The summed E-state index contributed by atoms with van der Waals surface area (Å²) in [5.74, 6) is -1.22. The molecule has 3 N–H and O–H groups in total. The molecule has 4 rings (SSSR count). The predicted octanol–water partition coefficient (Wildman–Crippen LogP) is 3.98. The summed E-state index contributed by atoms with van der Waals surface area (Å²) in [6.07, 6.45) is 3.89. The smallest absolute Gasteiger partial charge is 0.408 e. The molecule has 2 heterocycles. The average molecular weight is 693 g/mol. The Kier molecular flexibility index (Phi) is 13.1. The highest BCUT2D eigenvalue weighted by atomic mass is 17.2. The zero-order valence-corrected chi connectivity index (χ0v) is 29.5. The predicted molar refractivity (Wildman–Crippen MR) is 185 cm³/mol. The van der Waals surface area contributed by atoms with Crippen LogP contribution >= 0.6 is 0 Å². The van der Waals surface area contributed by atoms with E-state index in [9.17, 15) is 19.2 Å². The van der Waals surface area contributed by atoms with Gasteiger partial charge in [0.15, 0.2) is 5.82 Å². The molecule has 1 aromatic heterocycles. The van der Waals surface area contributed by atoms with Crippen LogP contribution in [-0.4, -0.2) is 88.4 Å². The molecule has 14 nitrogen and oxygen atoms in total. The van der Waals surface area contributed by atoms with Gasteiger partial charge in [-0.2, -0.15) is 0 Å². The highest BCUT2D eigenvalue weighted by Crippen LogP contribution is 2.27. The number of nitrogens with one attached hydrogen (secondary N) is 3. The lowest BCUT2D eigenvalue weighted by molar-refractivity contribution is -0.278. The van der Waals surface area contributed by atoms with Crippen molar-refractivity contribution in [2.45, 2.75) is 83.3 Å². The monoisotopic (exact) mass is 692 g/mol. The summed E-state index contributed by atoms with van der Waals surface area (Å²) in [6, 6.07) is 16.6. The fraction of sp³-hybridized carbons (Fsp3) is 0.472. The molecular weight excluding hydrogens is 644 g/mol. The van der Waals surface area contributed by atoms with Crippen molar-refractivity contribution in [1.82, 2.24) is 25.1 Å². The molecule has 0 spiro atoms. The van der Waals surface area contributed by atoms with Gasteiger partial charge in [0.05, 0.1) is 32.7 Å². The summed E-state index contributed by atoms with van der Waals surface area (Å²) >= 11 is 0. The largest absolute Gasteiger partial charge is 0.444 e. The van der Waals surface area contributed by atoms with Crippen LogP contribution in [0.1, 0.15) is 64.6 Å². The van der Waals surface area contributed by atoms with Crippen molar-refractivity contribution in [3.05, 3.63) is 84.3 Å². The second-order valence-corrected chi connectivity index (χ2v) is 13.6. The maximum Gasteiger partial charge on any atom is 0.408 e. The van der Waals surface area contributed by atoms with Crippen molar-refractivity contribution in [2.24, 2.45) is 0 Å². The number of hydrogen-bond acceptors (Lipinski definition) is 9. The van der Waals surface area contributed by atoms with Gasteiger partial charge in [0.1, 0.15) is 29.8 Å². The first kappa shape index (κ1) is 38.0. The van der Waals surface area contributed by atoms with E-state index in [1.54, 1.807) is 36.4 Å². The SMILES string of the molecule is COOCC1CCCN1C(=O)C(c1ccccc1)n1cnc(NC(=O)[C@H](COCc2ccccc2)NC(=O)C(C)(C)NC(=O)OC(C)(C)C)c1. The van der Waals surface area contributed by atoms with Crippen LogP contribution in [0.25, 0.3) is 0 Å². The summed E-state index contributed by atoms with van der Waals surface area (Å²) in [5.41, 5.74) is -0.584. The zero-order valence-electron chi connectivity index (χ0n) is 29.5. The first-order valence-electron chi connectivity index (χ1n) is 16.6. The molecule has 1 saturated heterocycles. The van der Waals surface area contributed by atoms with Crippen LogP contribution in [-0.2, 0) is 40.2 Å². The number of anilines is 1. The van der Waals surface area contributed by atoms with Gasteiger partial charge in [-0.3, -0.25) is 14.4 Å². The summed E-state index contributed by atoms with van der Waals surface area (Å²) in [6.45, 7) is 8.98. The first-order chi connectivity index (χ1) is 23.8. The molecule has 0 aliphatic carbocycles. The number of benzene rings is 2. The molecule has 0 radical (unpaired) electrons. The van der Waals surface area contributed by atoms with Crippen molar-refractivity contribution in [2.75, 3.05) is 32.2 Å². The molecule has 3 aromatic rings. The van der Waals surface area contributed by atoms with Crippen LogP contribution in [0, 0.1) is 0 Å². The lowest BCUT2D eigenvalue weighted by Gasteiger charge is -2.29. The van der Waals surface area contributed by atoms with Crippen molar-refractivity contribution in [1.29, 1.82) is 0 Å². The molecule has 50 heavy (non-hydrogen) atoms. The number of imidazole rings is 1. The number of carbonyl (C=O) groups is 4. The molecule has 0 saturated carbocycles. The number of aromatic nitrogens is 2. The second-order valence-electron chi connectivity index (χ2n) is 13.6. The quantitative estimate of drug-likeness (QED) is 0.158. The third-order valence-corrected chi connectivity index (χ3v) is 7.94. The van der Waals surface area contributed by atoms with E-state index in [4.69, 9.17) is 19.2 Å². The Hall–Kier alpha value is -4.79. The van der Waals surface area contributed by atoms with Crippen LogP contribution in [0.5, 0.6) is 0 Å². The molecule has 1 aliphatic heterocycles. The Morgan fingerprint density at radius 2 is 1.66 bits per heavy atom. The Labute approximate surface area is 292 Å². The van der Waals surface area contributed by atoms with E-state index in [0.717, 1.165) is 24.0 Å². The van der Waals surface area contributed by atoms with Gasteiger partial charge >= 0.3 is 6.09 Å². The maximum atomic E-state index is 14.1. The summed E-state index contributed by atoms with van der Waals surface area (Å²) < 4.78 is 12.8. The van der Waals surface area contributed by atoms with E-state index in [2.05, 4.69) is 20.9 Å². The topological polar surface area (TPSA) is 162 Å². The number of amides is 4. The van der Waals surface area contributed by atoms with E-state index < -0.39 is 41.1 Å². The maximum absolute atomic E-state index is 14.1. The molecule has 14 heteroatoms. The summed E-state index contributed by atoms with van der Waals surface area (Å²) in [7, 11) is 1.43. The van der Waals surface area contributed by atoms with Crippen molar-refractivity contribution >= 4 is 29.6 Å². The number of rotatable bonds is 15. The van der Waals surface area contributed by atoms with Gasteiger partial charge in [-0.1, -0.05) is 60.7 Å². The van der Waals surface area contributed by atoms with Crippen LogP contribution in [0.2, 0.25) is 0 Å². The Balaban J connectivity index is 1.52. The summed E-state index contributed by atoms with van der Waals surface area (Å²) in [4.78, 5) is 69.8. The van der Waals surface area contributed by atoms with Crippen molar-refractivity contribution < 1.29 is 38.4 Å². The molecule has 1 fully saturated rings. The molecule has 2 aromatic carbocycles. The fourth-order valence-corrected chi connectivity index (χ4v) is 5.44. The molecule has 2 unspecified atom stereocenters. The minimum atomic E-state index is -1.44. The normalized spacial score (nSPS) is 16.0. The molecule has 3 atom stereocenters. The van der Waals surface area contributed by atoms with Crippen LogP contribution in [0.4, 0.5) is 10.6 Å². The van der Waals surface area contributed by atoms with E-state index >= 15 is 0 Å². The van der Waals surface area contributed by atoms with E-state index in [1.807, 2.05) is 60.7 Å². The van der Waals surface area contributed by atoms with E-state index in [-0.39, 0.29) is 37.6 Å². The second kappa shape index (κ2) is 17.2. The first-order valence-corrected chi connectivity index (χ1v) is 16.6. The standard InChI is InChI=1S/C36H48N6O8/c1-35(2,3)50-34(46)40-36(4,5)33(45)38-28(23-48-21-25-14-9-7-10-15-25)31(43)39-29-20-41(24-37-29)30(26-16-11-8-12-17-26)32(44)42-19-13-18-27(42)22-49-47-6/h7-12,14-17,20,24,27-28,30H,13,18-19,21-23H2,1-6H3,(H,38,45)(H,39,43)(H,40,46)/t27?,28-,30?/m0/s1. The number of ether oxygens (including phenoxy) is 2. The lowest BCUT2D eigenvalue weighted by atomic mass is 10.0. The van der Waals surface area contributed by atoms with Gasteiger partial charge in [0, 0.05) is 12.7 Å². The third kappa shape index (κ3) is 10.9. The van der Waals surface area contributed by atoms with Gasteiger partial charge in [-0.15, -0.1) is 0 Å². The Morgan fingerprint density at radius 1 is 0.980 bits per heavy atom. The van der Waals surface area contributed by atoms with E-state index in [1.165, 1.54) is 27.3 Å². The lowest BCUT2D eigenvalue weighted by Crippen LogP contribution is -2.59. The average Bonchev–Trinajstić information content (AvgIpc) is 3.73. The van der Waals surface area contributed by atoms with Gasteiger partial charge in [-0.25, -0.2) is 19.6 Å². The fourth-order valence-electron chi connectivity index (χ4n) is 5.44. The molecule has 1 aliphatic rings. The van der Waals surface area contributed by atoms with Crippen LogP contribution < -0.4 is 16.0 Å². The minimum Gasteiger partial charge on any atom is -0.444 e. The van der Waals surface area contributed by atoms with Gasteiger partial charge in [-0.05, 0) is 58.6 Å². The number of carbonyl (C=O) groups excluding carboxylic acids is 4. The Morgan fingerprint density at radius 3 is 2.32 bits per heavy atom. The zero-order chi connectivity index (χ0) is 36.3. The van der Waals surface area contributed by atoms with Crippen molar-refractivity contribution in [3.63, 3.8) is 0 Å². The van der Waals surface area contributed by atoms with E-state index in [0.29, 0.717) is 6.54 Å². The molecule has 0 bridgehead atoms. The number of hydrogen-bond donors (Lipinski definition) is 3. The number of alkyl carbamates (subject to hydrolysis) is 1. The number of nitrogens with zero attached hydrogens (tertiary/aromatic N) is 3. The molecule has 4 amide bonds. The minimum absolute atomic E-state index is 0.146.